The molecule has 5 nitrogen and oxygen atoms in total. The van der Waals surface area contributed by atoms with E-state index in [4.69, 9.17) is 5.11 Å². The number of hydrogen-bond donors (Lipinski definition) is 3. The SMILES string of the molecule is CCc1cccc(C)c1NC(=O)NC(CC)CC(=O)O. The molecule has 0 radical (unpaired) electrons. The molecule has 0 aliphatic rings. The molecule has 0 spiro atoms. The van der Waals surface area contributed by atoms with Crippen LogP contribution in [0.4, 0.5) is 10.5 Å². The van der Waals surface area contributed by atoms with E-state index in [2.05, 4.69) is 10.6 Å². The third-order valence-electron chi connectivity index (χ3n) is 3.23. The average molecular weight is 278 g/mol. The molecule has 0 fully saturated rings. The highest BCUT2D eigenvalue weighted by molar-refractivity contribution is 5.91. The molecule has 1 aromatic carbocycles. The summed E-state index contributed by atoms with van der Waals surface area (Å²) in [5.41, 5.74) is 2.86. The molecule has 0 bridgehead atoms. The van der Waals surface area contributed by atoms with Gasteiger partial charge < -0.3 is 15.7 Å². The van der Waals surface area contributed by atoms with E-state index in [0.29, 0.717) is 6.42 Å². The number of anilines is 1. The molecule has 0 saturated carbocycles. The van der Waals surface area contributed by atoms with Crippen molar-refractivity contribution in [2.75, 3.05) is 5.32 Å². The molecule has 0 heterocycles. The van der Waals surface area contributed by atoms with Gasteiger partial charge in [-0.3, -0.25) is 4.79 Å². The third kappa shape index (κ3) is 4.57. The number of aliphatic carboxylic acids is 1. The van der Waals surface area contributed by atoms with Gasteiger partial charge in [0.1, 0.15) is 0 Å². The Labute approximate surface area is 119 Å². The van der Waals surface area contributed by atoms with Crippen LogP contribution in [0.25, 0.3) is 0 Å². The van der Waals surface area contributed by atoms with Crippen LogP contribution in [-0.4, -0.2) is 23.1 Å². The van der Waals surface area contributed by atoms with Gasteiger partial charge in [-0.1, -0.05) is 32.0 Å². The van der Waals surface area contributed by atoms with Crippen molar-refractivity contribution in [1.82, 2.24) is 5.32 Å². The van der Waals surface area contributed by atoms with E-state index in [0.717, 1.165) is 23.2 Å². The standard InChI is InChI=1S/C15H22N2O3/c1-4-11-8-6-7-10(3)14(11)17-15(20)16-12(5-2)9-13(18)19/h6-8,12H,4-5,9H2,1-3H3,(H,18,19)(H2,16,17,20). The van der Waals surface area contributed by atoms with Gasteiger partial charge in [-0.2, -0.15) is 0 Å². The zero-order valence-electron chi connectivity index (χ0n) is 12.2. The Hall–Kier alpha value is -2.04. The smallest absolute Gasteiger partial charge is 0.319 e. The van der Waals surface area contributed by atoms with Crippen LogP contribution in [0.15, 0.2) is 18.2 Å². The van der Waals surface area contributed by atoms with Crippen molar-refractivity contribution in [2.24, 2.45) is 0 Å². The van der Waals surface area contributed by atoms with Crippen molar-refractivity contribution < 1.29 is 14.7 Å². The topological polar surface area (TPSA) is 78.4 Å². The van der Waals surface area contributed by atoms with Crippen LogP contribution in [0.2, 0.25) is 0 Å². The number of amides is 2. The number of aryl methyl sites for hydroxylation is 2. The van der Waals surface area contributed by atoms with E-state index in [-0.39, 0.29) is 18.5 Å². The van der Waals surface area contributed by atoms with Crippen LogP contribution in [0.5, 0.6) is 0 Å². The molecule has 0 aromatic heterocycles. The zero-order valence-corrected chi connectivity index (χ0v) is 12.2. The summed E-state index contributed by atoms with van der Waals surface area (Å²) in [6, 6.07) is 5.14. The number of hydrogen-bond acceptors (Lipinski definition) is 2. The number of carbonyl (C=O) groups is 2. The quantitative estimate of drug-likeness (QED) is 0.748. The average Bonchev–Trinajstić information content (AvgIpc) is 2.39. The molecule has 0 saturated heterocycles. The maximum absolute atomic E-state index is 12.0. The van der Waals surface area contributed by atoms with Gasteiger partial charge >= 0.3 is 12.0 Å². The van der Waals surface area contributed by atoms with Crippen LogP contribution < -0.4 is 10.6 Å². The van der Waals surface area contributed by atoms with Crippen molar-refractivity contribution in [2.45, 2.75) is 46.1 Å². The molecule has 0 aliphatic carbocycles. The molecule has 1 rings (SSSR count). The lowest BCUT2D eigenvalue weighted by atomic mass is 10.1. The fourth-order valence-corrected chi connectivity index (χ4v) is 2.05. The molecule has 3 N–H and O–H groups in total. The van der Waals surface area contributed by atoms with Crippen LogP contribution in [0, 0.1) is 6.92 Å². The van der Waals surface area contributed by atoms with Gasteiger partial charge in [0, 0.05) is 11.7 Å². The first-order chi connectivity index (χ1) is 9.47. The minimum atomic E-state index is -0.915. The molecule has 5 heteroatoms. The van der Waals surface area contributed by atoms with Gasteiger partial charge in [-0.15, -0.1) is 0 Å². The predicted octanol–water partition coefficient (Wildman–Crippen LogP) is 2.93. The Balaban J connectivity index is 2.73. The first-order valence-corrected chi connectivity index (χ1v) is 6.85. The van der Waals surface area contributed by atoms with Gasteiger partial charge in [-0.05, 0) is 30.9 Å². The summed E-state index contributed by atoms with van der Waals surface area (Å²) in [6.07, 6.45) is 1.33. The molecular weight excluding hydrogens is 256 g/mol. The predicted molar refractivity (Wildman–Crippen MR) is 79.0 cm³/mol. The number of urea groups is 1. The first kappa shape index (κ1) is 16.0. The fraction of sp³-hybridized carbons (Fsp3) is 0.467. The minimum absolute atomic E-state index is 0.0711. The largest absolute Gasteiger partial charge is 0.481 e. The van der Waals surface area contributed by atoms with Gasteiger partial charge in [0.2, 0.25) is 0 Å². The Morgan fingerprint density at radius 2 is 2.00 bits per heavy atom. The first-order valence-electron chi connectivity index (χ1n) is 6.85. The van der Waals surface area contributed by atoms with Crippen molar-refractivity contribution >= 4 is 17.7 Å². The van der Waals surface area contributed by atoms with Gasteiger partial charge in [0.05, 0.1) is 6.42 Å². The van der Waals surface area contributed by atoms with E-state index in [1.165, 1.54) is 0 Å². The number of carboxylic acids is 1. The molecule has 110 valence electrons. The summed E-state index contributed by atoms with van der Waals surface area (Å²) >= 11 is 0. The van der Waals surface area contributed by atoms with E-state index in [1.807, 2.05) is 39.0 Å². The lowest BCUT2D eigenvalue weighted by Gasteiger charge is -2.18. The van der Waals surface area contributed by atoms with E-state index in [9.17, 15) is 9.59 Å². The van der Waals surface area contributed by atoms with Gasteiger partial charge in [0.25, 0.3) is 0 Å². The maximum atomic E-state index is 12.0. The van der Waals surface area contributed by atoms with Crippen molar-refractivity contribution in [3.63, 3.8) is 0 Å². The summed E-state index contributed by atoms with van der Waals surface area (Å²) in [7, 11) is 0. The summed E-state index contributed by atoms with van der Waals surface area (Å²) in [4.78, 5) is 22.7. The number of nitrogens with one attached hydrogen (secondary N) is 2. The van der Waals surface area contributed by atoms with Crippen LogP contribution in [0.1, 0.15) is 37.8 Å². The number of rotatable bonds is 6. The van der Waals surface area contributed by atoms with Crippen molar-refractivity contribution in [3.8, 4) is 0 Å². The van der Waals surface area contributed by atoms with Gasteiger partial charge in [-0.25, -0.2) is 4.79 Å². The second kappa shape index (κ2) is 7.53. The Kier molecular flexibility index (Phi) is 6.03. The van der Waals surface area contributed by atoms with Crippen molar-refractivity contribution in [3.05, 3.63) is 29.3 Å². The lowest BCUT2D eigenvalue weighted by molar-refractivity contribution is -0.137. The monoisotopic (exact) mass is 278 g/mol. The van der Waals surface area contributed by atoms with E-state index in [1.54, 1.807) is 0 Å². The lowest BCUT2D eigenvalue weighted by Crippen LogP contribution is -2.39. The summed E-state index contributed by atoms with van der Waals surface area (Å²) in [5, 5.41) is 14.3. The molecule has 2 amide bonds. The van der Waals surface area contributed by atoms with E-state index < -0.39 is 5.97 Å². The van der Waals surface area contributed by atoms with Gasteiger partial charge in [0.15, 0.2) is 0 Å². The summed E-state index contributed by atoms with van der Waals surface area (Å²) in [5.74, 6) is -0.915. The highest BCUT2D eigenvalue weighted by Gasteiger charge is 2.15. The number of benzene rings is 1. The zero-order chi connectivity index (χ0) is 15.1. The number of carboxylic acid groups (broad SMARTS) is 1. The molecule has 1 aromatic rings. The molecule has 0 aliphatic heterocycles. The Morgan fingerprint density at radius 1 is 1.30 bits per heavy atom. The molecule has 20 heavy (non-hydrogen) atoms. The number of carbonyl (C=O) groups excluding carboxylic acids is 1. The molecule has 1 unspecified atom stereocenters. The maximum Gasteiger partial charge on any atom is 0.319 e. The highest BCUT2D eigenvalue weighted by atomic mass is 16.4. The fourth-order valence-electron chi connectivity index (χ4n) is 2.05. The Bertz CT molecular complexity index is 486. The number of para-hydroxylation sites is 1. The normalized spacial score (nSPS) is 11.8. The van der Waals surface area contributed by atoms with E-state index >= 15 is 0 Å². The summed E-state index contributed by atoms with van der Waals surface area (Å²) < 4.78 is 0. The summed E-state index contributed by atoms with van der Waals surface area (Å²) in [6.45, 7) is 5.81. The molecular formula is C15H22N2O3. The van der Waals surface area contributed by atoms with Crippen LogP contribution in [-0.2, 0) is 11.2 Å². The Morgan fingerprint density at radius 3 is 2.55 bits per heavy atom. The minimum Gasteiger partial charge on any atom is -0.481 e. The second-order valence-electron chi connectivity index (χ2n) is 4.76. The molecule has 1 atom stereocenters. The highest BCUT2D eigenvalue weighted by Crippen LogP contribution is 2.20. The second-order valence-corrected chi connectivity index (χ2v) is 4.76. The third-order valence-corrected chi connectivity index (χ3v) is 3.23. The van der Waals surface area contributed by atoms with Crippen molar-refractivity contribution in [1.29, 1.82) is 0 Å². The van der Waals surface area contributed by atoms with Crippen LogP contribution >= 0.6 is 0 Å². The van der Waals surface area contributed by atoms with Crippen LogP contribution in [0.3, 0.4) is 0 Å².